The van der Waals surface area contributed by atoms with Gasteiger partial charge in [-0.15, -0.1) is 0 Å². The van der Waals surface area contributed by atoms with E-state index in [0.29, 0.717) is 5.84 Å². The van der Waals surface area contributed by atoms with E-state index in [-0.39, 0.29) is 12.1 Å². The highest BCUT2D eigenvalue weighted by molar-refractivity contribution is 6.00. The fourth-order valence-electron chi connectivity index (χ4n) is 1.92. The van der Waals surface area contributed by atoms with Crippen molar-refractivity contribution >= 4 is 11.7 Å². The summed E-state index contributed by atoms with van der Waals surface area (Å²) >= 11 is 0. The summed E-state index contributed by atoms with van der Waals surface area (Å²) in [7, 11) is 0. The standard InChI is InChI=1S/C10H10N4O/c1-6-11-12-9-7-4-2-3-5-8(7)10(15)14(9)13-6/h2-5,9,12H,1H3,(H,11,13). The van der Waals surface area contributed by atoms with Gasteiger partial charge in [-0.1, -0.05) is 18.2 Å². The Morgan fingerprint density at radius 1 is 1.40 bits per heavy atom. The first-order valence-corrected chi connectivity index (χ1v) is 4.76. The number of rotatable bonds is 0. The number of hydrogen-bond donors (Lipinski definition) is 2. The second-order valence-electron chi connectivity index (χ2n) is 3.60. The Hall–Kier alpha value is -2.04. The quantitative estimate of drug-likeness (QED) is 0.647. The van der Waals surface area contributed by atoms with Crippen molar-refractivity contribution < 1.29 is 4.79 Å². The molecule has 0 bridgehead atoms. The predicted octanol–water partition coefficient (Wildman–Crippen LogP) is 0.582. The summed E-state index contributed by atoms with van der Waals surface area (Å²) in [5.41, 5.74) is 7.59. The normalized spacial score (nSPS) is 22.5. The van der Waals surface area contributed by atoms with Gasteiger partial charge in [0.15, 0.2) is 6.17 Å². The third kappa shape index (κ3) is 1.03. The zero-order valence-corrected chi connectivity index (χ0v) is 8.19. The van der Waals surface area contributed by atoms with Crippen molar-refractivity contribution in [2.45, 2.75) is 13.1 Å². The van der Waals surface area contributed by atoms with E-state index in [0.717, 1.165) is 11.1 Å². The van der Waals surface area contributed by atoms with Crippen molar-refractivity contribution in [1.82, 2.24) is 15.9 Å². The number of amidine groups is 1. The molecule has 3 rings (SSSR count). The smallest absolute Gasteiger partial charge is 0.275 e. The number of fused-ring (bicyclic) bond motifs is 3. The van der Waals surface area contributed by atoms with Gasteiger partial charge in [0.2, 0.25) is 0 Å². The van der Waals surface area contributed by atoms with Crippen molar-refractivity contribution in [3.8, 4) is 0 Å². The van der Waals surface area contributed by atoms with E-state index in [1.54, 1.807) is 11.9 Å². The number of carbonyl (C=O) groups is 1. The molecule has 0 spiro atoms. The third-order valence-corrected chi connectivity index (χ3v) is 2.60. The molecule has 15 heavy (non-hydrogen) atoms. The van der Waals surface area contributed by atoms with Gasteiger partial charge in [0.1, 0.15) is 5.84 Å². The minimum Gasteiger partial charge on any atom is -0.280 e. The van der Waals surface area contributed by atoms with Crippen LogP contribution in [-0.4, -0.2) is 16.8 Å². The maximum atomic E-state index is 11.9. The van der Waals surface area contributed by atoms with E-state index >= 15 is 0 Å². The number of hydrazone groups is 1. The zero-order valence-electron chi connectivity index (χ0n) is 8.19. The molecule has 0 radical (unpaired) electrons. The molecule has 0 aliphatic carbocycles. The van der Waals surface area contributed by atoms with Crippen molar-refractivity contribution in [2.75, 3.05) is 0 Å². The summed E-state index contributed by atoms with van der Waals surface area (Å²) in [5, 5.41) is 5.63. The van der Waals surface area contributed by atoms with Crippen molar-refractivity contribution in [2.24, 2.45) is 5.10 Å². The molecular formula is C10H10N4O. The third-order valence-electron chi connectivity index (χ3n) is 2.60. The van der Waals surface area contributed by atoms with Crippen LogP contribution in [0.15, 0.2) is 29.4 Å². The number of amides is 1. The van der Waals surface area contributed by atoms with Gasteiger partial charge >= 0.3 is 0 Å². The van der Waals surface area contributed by atoms with E-state index < -0.39 is 0 Å². The first-order valence-electron chi connectivity index (χ1n) is 4.76. The molecule has 76 valence electrons. The van der Waals surface area contributed by atoms with Crippen LogP contribution in [0.5, 0.6) is 0 Å². The van der Waals surface area contributed by atoms with Crippen LogP contribution in [-0.2, 0) is 0 Å². The summed E-state index contributed by atoms with van der Waals surface area (Å²) in [4.78, 5) is 11.9. The van der Waals surface area contributed by atoms with E-state index in [4.69, 9.17) is 0 Å². The Balaban J connectivity index is 2.10. The van der Waals surface area contributed by atoms with Crippen LogP contribution in [0.25, 0.3) is 0 Å². The molecule has 0 fully saturated rings. The number of carbonyl (C=O) groups excluding carboxylic acids is 1. The molecule has 1 aromatic carbocycles. The van der Waals surface area contributed by atoms with E-state index in [2.05, 4.69) is 16.0 Å². The lowest BCUT2D eigenvalue weighted by Crippen LogP contribution is -2.51. The van der Waals surface area contributed by atoms with Gasteiger partial charge in [0.05, 0.1) is 0 Å². The molecule has 2 heterocycles. The highest BCUT2D eigenvalue weighted by atomic mass is 16.2. The average molecular weight is 202 g/mol. The van der Waals surface area contributed by atoms with Gasteiger partial charge in [-0.3, -0.25) is 15.6 Å². The zero-order chi connectivity index (χ0) is 10.4. The van der Waals surface area contributed by atoms with Gasteiger partial charge in [-0.2, -0.15) is 5.10 Å². The first kappa shape index (κ1) is 8.28. The molecule has 2 aliphatic heterocycles. The van der Waals surface area contributed by atoms with Crippen LogP contribution < -0.4 is 10.9 Å². The van der Waals surface area contributed by atoms with Crippen LogP contribution in [0.2, 0.25) is 0 Å². The number of nitrogens with one attached hydrogen (secondary N) is 2. The van der Waals surface area contributed by atoms with Crippen LogP contribution >= 0.6 is 0 Å². The van der Waals surface area contributed by atoms with Gasteiger partial charge < -0.3 is 0 Å². The number of nitrogens with zero attached hydrogens (tertiary/aromatic N) is 2. The van der Waals surface area contributed by atoms with Crippen LogP contribution in [0, 0.1) is 0 Å². The minimum atomic E-state index is -0.183. The molecule has 2 N–H and O–H groups in total. The average Bonchev–Trinajstić information content (AvgIpc) is 2.54. The highest BCUT2D eigenvalue weighted by Crippen LogP contribution is 2.30. The fourth-order valence-corrected chi connectivity index (χ4v) is 1.92. The van der Waals surface area contributed by atoms with Crippen LogP contribution in [0.3, 0.4) is 0 Å². The Morgan fingerprint density at radius 2 is 2.20 bits per heavy atom. The molecule has 1 aromatic rings. The van der Waals surface area contributed by atoms with Crippen molar-refractivity contribution in [3.63, 3.8) is 0 Å². The molecule has 5 nitrogen and oxygen atoms in total. The molecular weight excluding hydrogens is 192 g/mol. The molecule has 0 saturated carbocycles. The molecule has 1 atom stereocenters. The van der Waals surface area contributed by atoms with Gasteiger partial charge in [0, 0.05) is 11.1 Å². The summed E-state index contributed by atoms with van der Waals surface area (Å²) in [6.45, 7) is 1.81. The Kier molecular flexibility index (Phi) is 1.50. The Labute approximate surface area is 86.7 Å². The van der Waals surface area contributed by atoms with Gasteiger partial charge in [0.25, 0.3) is 5.91 Å². The minimum absolute atomic E-state index is 0.0163. The maximum absolute atomic E-state index is 11.9. The van der Waals surface area contributed by atoms with E-state index in [9.17, 15) is 4.79 Å². The monoisotopic (exact) mass is 202 g/mol. The predicted molar refractivity (Wildman–Crippen MR) is 54.7 cm³/mol. The summed E-state index contributed by atoms with van der Waals surface area (Å²) < 4.78 is 0. The van der Waals surface area contributed by atoms with Crippen LogP contribution in [0.1, 0.15) is 29.0 Å². The lowest BCUT2D eigenvalue weighted by Gasteiger charge is -2.29. The van der Waals surface area contributed by atoms with E-state index in [1.807, 2.05) is 24.3 Å². The lowest BCUT2D eigenvalue weighted by atomic mass is 10.1. The molecule has 0 aromatic heterocycles. The Bertz CT molecular complexity index is 468. The molecule has 0 saturated heterocycles. The lowest BCUT2D eigenvalue weighted by molar-refractivity contribution is 0.0605. The molecule has 1 unspecified atom stereocenters. The van der Waals surface area contributed by atoms with Gasteiger partial charge in [-0.05, 0) is 13.0 Å². The Morgan fingerprint density at radius 3 is 3.07 bits per heavy atom. The number of hydrogen-bond acceptors (Lipinski definition) is 4. The molecule has 5 heteroatoms. The van der Waals surface area contributed by atoms with Crippen molar-refractivity contribution in [3.05, 3.63) is 35.4 Å². The van der Waals surface area contributed by atoms with Crippen molar-refractivity contribution in [1.29, 1.82) is 0 Å². The summed E-state index contributed by atoms with van der Waals surface area (Å²) in [6, 6.07) is 7.54. The largest absolute Gasteiger partial charge is 0.280 e. The van der Waals surface area contributed by atoms with Crippen LogP contribution in [0.4, 0.5) is 0 Å². The maximum Gasteiger partial charge on any atom is 0.275 e. The second-order valence-corrected chi connectivity index (χ2v) is 3.60. The second kappa shape index (κ2) is 2.73. The molecule has 2 aliphatic rings. The number of hydrazine groups is 1. The summed E-state index contributed by atoms with van der Waals surface area (Å²) in [6.07, 6.45) is -0.183. The van der Waals surface area contributed by atoms with Gasteiger partial charge in [-0.25, -0.2) is 5.01 Å². The van der Waals surface area contributed by atoms with E-state index in [1.165, 1.54) is 0 Å². The fraction of sp³-hybridized carbons (Fsp3) is 0.200. The highest BCUT2D eigenvalue weighted by Gasteiger charge is 2.38. The summed E-state index contributed by atoms with van der Waals surface area (Å²) in [5.74, 6) is 0.671. The SMILES string of the molecule is CC1=NNC2c3ccccc3C(=O)N2N1. The molecule has 1 amide bonds. The number of benzene rings is 1. The first-order chi connectivity index (χ1) is 7.27. The topological polar surface area (TPSA) is 56.7 Å².